The third-order valence-corrected chi connectivity index (χ3v) is 3.09. The number of nitrogens with zero attached hydrogens (tertiary/aromatic N) is 1. The van der Waals surface area contributed by atoms with Gasteiger partial charge in [0.15, 0.2) is 6.04 Å². The molecule has 0 fully saturated rings. The zero-order valence-electron chi connectivity index (χ0n) is 12.0. The Labute approximate surface area is 119 Å². The van der Waals surface area contributed by atoms with Crippen LogP contribution in [0.2, 0.25) is 0 Å². The molecule has 5 nitrogen and oxygen atoms in total. The molecule has 5 heteroatoms. The van der Waals surface area contributed by atoms with Gasteiger partial charge in [0.05, 0.1) is 0 Å². The van der Waals surface area contributed by atoms with Gasteiger partial charge in [0.1, 0.15) is 0 Å². The maximum absolute atomic E-state index is 12.0. The minimum absolute atomic E-state index is 0.364. The van der Waals surface area contributed by atoms with Crippen LogP contribution in [-0.2, 0) is 4.79 Å². The summed E-state index contributed by atoms with van der Waals surface area (Å²) in [4.78, 5) is 24.8. The van der Waals surface area contributed by atoms with Gasteiger partial charge in [0, 0.05) is 13.6 Å². The average Bonchev–Trinajstić information content (AvgIpc) is 2.45. The molecule has 0 heterocycles. The normalized spacial score (nSPS) is 11.7. The standard InChI is InChI=1S/C15H22N2O3/c1-3-4-8-11-17(2)15(20)16-13(14(18)19)12-9-6-5-7-10-12/h5-7,9-10,13H,3-4,8,11H2,1-2H3,(H,16,20)(H,18,19). The van der Waals surface area contributed by atoms with Gasteiger partial charge < -0.3 is 15.3 Å². The number of carbonyl (C=O) groups excluding carboxylic acids is 1. The Bertz CT molecular complexity index is 434. The molecule has 0 aromatic heterocycles. The van der Waals surface area contributed by atoms with Crippen molar-refractivity contribution in [3.05, 3.63) is 35.9 Å². The summed E-state index contributed by atoms with van der Waals surface area (Å²) in [6.45, 7) is 2.72. The van der Waals surface area contributed by atoms with E-state index >= 15 is 0 Å². The Balaban J connectivity index is 2.62. The van der Waals surface area contributed by atoms with Crippen molar-refractivity contribution in [3.63, 3.8) is 0 Å². The lowest BCUT2D eigenvalue weighted by Crippen LogP contribution is -2.42. The van der Waals surface area contributed by atoms with Crippen molar-refractivity contribution >= 4 is 12.0 Å². The van der Waals surface area contributed by atoms with Gasteiger partial charge in [-0.25, -0.2) is 9.59 Å². The summed E-state index contributed by atoms with van der Waals surface area (Å²) >= 11 is 0. The number of aliphatic carboxylic acids is 1. The topological polar surface area (TPSA) is 69.6 Å². The first-order valence-electron chi connectivity index (χ1n) is 6.85. The molecular weight excluding hydrogens is 256 g/mol. The highest BCUT2D eigenvalue weighted by Gasteiger charge is 2.23. The Morgan fingerprint density at radius 1 is 1.25 bits per heavy atom. The molecule has 110 valence electrons. The summed E-state index contributed by atoms with van der Waals surface area (Å²) < 4.78 is 0. The van der Waals surface area contributed by atoms with E-state index in [0.29, 0.717) is 12.1 Å². The van der Waals surface area contributed by atoms with Crippen molar-refractivity contribution < 1.29 is 14.7 Å². The van der Waals surface area contributed by atoms with E-state index in [-0.39, 0.29) is 6.03 Å². The number of hydrogen-bond donors (Lipinski definition) is 2. The summed E-state index contributed by atoms with van der Waals surface area (Å²) in [6.07, 6.45) is 3.05. The van der Waals surface area contributed by atoms with Gasteiger partial charge in [-0.1, -0.05) is 50.1 Å². The molecule has 20 heavy (non-hydrogen) atoms. The highest BCUT2D eigenvalue weighted by molar-refractivity contribution is 5.83. The Morgan fingerprint density at radius 2 is 1.90 bits per heavy atom. The summed E-state index contributed by atoms with van der Waals surface area (Å²) in [5, 5.41) is 11.8. The Kier molecular flexibility index (Phi) is 6.56. The van der Waals surface area contributed by atoms with Crippen molar-refractivity contribution in [1.29, 1.82) is 0 Å². The number of carboxylic acid groups (broad SMARTS) is 1. The minimum Gasteiger partial charge on any atom is -0.479 e. The van der Waals surface area contributed by atoms with Gasteiger partial charge >= 0.3 is 12.0 Å². The molecule has 1 atom stereocenters. The van der Waals surface area contributed by atoms with Crippen LogP contribution in [0.4, 0.5) is 4.79 Å². The lowest BCUT2D eigenvalue weighted by Gasteiger charge is -2.21. The molecule has 2 N–H and O–H groups in total. The number of carboxylic acids is 1. The third-order valence-electron chi connectivity index (χ3n) is 3.09. The molecule has 1 rings (SSSR count). The van der Waals surface area contributed by atoms with Crippen molar-refractivity contribution in [2.45, 2.75) is 32.2 Å². The number of rotatable bonds is 7. The van der Waals surface area contributed by atoms with Gasteiger partial charge in [-0.3, -0.25) is 0 Å². The smallest absolute Gasteiger partial charge is 0.330 e. The first-order chi connectivity index (χ1) is 9.56. The number of hydrogen-bond acceptors (Lipinski definition) is 2. The quantitative estimate of drug-likeness (QED) is 0.753. The monoisotopic (exact) mass is 278 g/mol. The maximum Gasteiger partial charge on any atom is 0.330 e. The summed E-state index contributed by atoms with van der Waals surface area (Å²) in [5.74, 6) is -1.06. The second kappa shape index (κ2) is 8.19. The van der Waals surface area contributed by atoms with Crippen molar-refractivity contribution in [1.82, 2.24) is 10.2 Å². The van der Waals surface area contributed by atoms with E-state index in [9.17, 15) is 14.7 Å². The first-order valence-corrected chi connectivity index (χ1v) is 6.85. The van der Waals surface area contributed by atoms with Crippen LogP contribution < -0.4 is 5.32 Å². The fourth-order valence-electron chi connectivity index (χ4n) is 1.87. The van der Waals surface area contributed by atoms with E-state index in [1.54, 1.807) is 37.4 Å². The van der Waals surface area contributed by atoms with Gasteiger partial charge in [-0.05, 0) is 12.0 Å². The number of carbonyl (C=O) groups is 2. The van der Waals surface area contributed by atoms with Crippen LogP contribution in [0, 0.1) is 0 Å². The summed E-state index contributed by atoms with van der Waals surface area (Å²) in [6, 6.07) is 7.31. The molecule has 1 aromatic rings. The minimum atomic E-state index is -1.06. The van der Waals surface area contributed by atoms with Crippen LogP contribution in [0.3, 0.4) is 0 Å². The molecule has 0 aliphatic carbocycles. The molecule has 0 spiro atoms. The van der Waals surface area contributed by atoms with E-state index in [0.717, 1.165) is 19.3 Å². The summed E-state index contributed by atoms with van der Waals surface area (Å²) in [5.41, 5.74) is 0.565. The van der Waals surface area contributed by atoms with Crippen LogP contribution >= 0.6 is 0 Å². The molecule has 0 aliphatic rings. The zero-order valence-corrected chi connectivity index (χ0v) is 12.0. The van der Waals surface area contributed by atoms with Crippen molar-refractivity contribution in [2.75, 3.05) is 13.6 Å². The highest BCUT2D eigenvalue weighted by Crippen LogP contribution is 2.13. The van der Waals surface area contributed by atoms with Crippen LogP contribution in [0.25, 0.3) is 0 Å². The molecule has 0 radical (unpaired) electrons. The first kappa shape index (κ1) is 16.0. The van der Waals surface area contributed by atoms with Crippen LogP contribution in [0.15, 0.2) is 30.3 Å². The second-order valence-corrected chi connectivity index (χ2v) is 4.76. The Hall–Kier alpha value is -2.04. The lowest BCUT2D eigenvalue weighted by atomic mass is 10.1. The SMILES string of the molecule is CCCCCN(C)C(=O)NC(C(=O)O)c1ccccc1. The lowest BCUT2D eigenvalue weighted by molar-refractivity contribution is -0.139. The van der Waals surface area contributed by atoms with Gasteiger partial charge in [0.2, 0.25) is 0 Å². The maximum atomic E-state index is 12.0. The van der Waals surface area contributed by atoms with E-state index < -0.39 is 12.0 Å². The average molecular weight is 278 g/mol. The van der Waals surface area contributed by atoms with Gasteiger partial charge in [0.25, 0.3) is 0 Å². The van der Waals surface area contributed by atoms with Gasteiger partial charge in [-0.15, -0.1) is 0 Å². The molecule has 1 aromatic carbocycles. The van der Waals surface area contributed by atoms with E-state index in [1.807, 2.05) is 0 Å². The molecule has 1 unspecified atom stereocenters. The predicted octanol–water partition coefficient (Wildman–Crippen LogP) is 2.64. The molecule has 2 amide bonds. The van der Waals surface area contributed by atoms with Crippen LogP contribution in [-0.4, -0.2) is 35.6 Å². The van der Waals surface area contributed by atoms with Crippen LogP contribution in [0.1, 0.15) is 37.8 Å². The summed E-state index contributed by atoms with van der Waals surface area (Å²) in [7, 11) is 1.68. The number of urea groups is 1. The fourth-order valence-corrected chi connectivity index (χ4v) is 1.87. The van der Waals surface area contributed by atoms with Gasteiger partial charge in [-0.2, -0.15) is 0 Å². The molecule has 0 saturated heterocycles. The number of benzene rings is 1. The largest absolute Gasteiger partial charge is 0.479 e. The van der Waals surface area contributed by atoms with E-state index in [2.05, 4.69) is 12.2 Å². The molecular formula is C15H22N2O3. The second-order valence-electron chi connectivity index (χ2n) is 4.76. The number of nitrogens with one attached hydrogen (secondary N) is 1. The molecule has 0 saturated carbocycles. The number of unbranched alkanes of at least 4 members (excludes halogenated alkanes) is 2. The molecule has 0 bridgehead atoms. The predicted molar refractivity (Wildman–Crippen MR) is 77.5 cm³/mol. The highest BCUT2D eigenvalue weighted by atomic mass is 16.4. The number of amides is 2. The van der Waals surface area contributed by atoms with Crippen molar-refractivity contribution in [2.24, 2.45) is 0 Å². The van der Waals surface area contributed by atoms with Crippen LogP contribution in [0.5, 0.6) is 0 Å². The third kappa shape index (κ3) is 4.91. The molecule has 0 aliphatic heterocycles. The van der Waals surface area contributed by atoms with Crippen molar-refractivity contribution in [3.8, 4) is 0 Å². The van der Waals surface area contributed by atoms with E-state index in [1.165, 1.54) is 4.90 Å². The fraction of sp³-hybridized carbons (Fsp3) is 0.467. The van der Waals surface area contributed by atoms with E-state index in [4.69, 9.17) is 0 Å². The zero-order chi connectivity index (χ0) is 15.0. The Morgan fingerprint density at radius 3 is 2.45 bits per heavy atom.